The molecule has 2 fully saturated rings. The van der Waals surface area contributed by atoms with E-state index in [9.17, 15) is 4.79 Å². The van der Waals surface area contributed by atoms with E-state index in [1.54, 1.807) is 12.3 Å². The maximum atomic E-state index is 12.4. The van der Waals surface area contributed by atoms with Gasteiger partial charge >= 0.3 is 0 Å². The van der Waals surface area contributed by atoms with Gasteiger partial charge in [0.1, 0.15) is 12.1 Å². The third-order valence-electron chi connectivity index (χ3n) is 4.70. The minimum Gasteiger partial charge on any atom is -0.472 e. The van der Waals surface area contributed by atoms with E-state index in [1.807, 2.05) is 23.1 Å². The third kappa shape index (κ3) is 2.82. The normalized spacial score (nSPS) is 26.3. The molecule has 0 unspecified atom stereocenters. The summed E-state index contributed by atoms with van der Waals surface area (Å²) in [5.74, 6) is 1.67. The highest BCUT2D eigenvalue weighted by Crippen LogP contribution is 2.34. The van der Waals surface area contributed by atoms with Gasteiger partial charge in [-0.25, -0.2) is 4.98 Å². The molecule has 0 aliphatic carbocycles. The first-order valence-corrected chi connectivity index (χ1v) is 7.89. The van der Waals surface area contributed by atoms with Crippen molar-refractivity contribution in [2.75, 3.05) is 31.6 Å². The summed E-state index contributed by atoms with van der Waals surface area (Å²) in [6, 6.07) is 7.52. The number of nitrogens with one attached hydrogen (secondary N) is 1. The van der Waals surface area contributed by atoms with Gasteiger partial charge in [0.25, 0.3) is 5.91 Å². The predicted molar refractivity (Wildman–Crippen MR) is 84.1 cm³/mol. The summed E-state index contributed by atoms with van der Waals surface area (Å²) >= 11 is 0. The van der Waals surface area contributed by atoms with Gasteiger partial charge in [-0.3, -0.25) is 4.79 Å². The lowest BCUT2D eigenvalue weighted by Gasteiger charge is -2.19. The maximum Gasteiger partial charge on any atom is 0.257 e. The molecule has 4 rings (SSSR count). The summed E-state index contributed by atoms with van der Waals surface area (Å²) in [6.45, 7) is 2.95. The first-order valence-electron chi connectivity index (χ1n) is 7.89. The molecule has 6 heteroatoms. The molecule has 2 aliphatic heterocycles. The van der Waals surface area contributed by atoms with E-state index in [0.29, 0.717) is 23.9 Å². The largest absolute Gasteiger partial charge is 0.472 e. The molecule has 120 valence electrons. The Hall–Kier alpha value is -2.34. The molecular formula is C17H19N3O3. The van der Waals surface area contributed by atoms with E-state index in [-0.39, 0.29) is 12.0 Å². The van der Waals surface area contributed by atoms with E-state index in [2.05, 4.69) is 10.3 Å². The van der Waals surface area contributed by atoms with Gasteiger partial charge in [-0.15, -0.1) is 0 Å². The van der Waals surface area contributed by atoms with Crippen molar-refractivity contribution in [2.24, 2.45) is 11.8 Å². The topological polar surface area (TPSA) is 67.6 Å². The second kappa shape index (κ2) is 6.04. The molecule has 2 aromatic rings. The molecular weight excluding hydrogens is 294 g/mol. The van der Waals surface area contributed by atoms with Gasteiger partial charge in [-0.1, -0.05) is 6.07 Å². The van der Waals surface area contributed by atoms with Gasteiger partial charge < -0.3 is 19.4 Å². The summed E-state index contributed by atoms with van der Waals surface area (Å²) in [6.07, 6.45) is 4.94. The van der Waals surface area contributed by atoms with Gasteiger partial charge in [0.05, 0.1) is 24.5 Å². The number of hydrogen-bond donors (Lipinski definition) is 1. The zero-order chi connectivity index (χ0) is 15.6. The fraction of sp³-hybridized carbons (Fsp3) is 0.412. The summed E-state index contributed by atoms with van der Waals surface area (Å²) in [5.41, 5.74) is 0.605. The van der Waals surface area contributed by atoms with Gasteiger partial charge in [-0.2, -0.15) is 0 Å². The molecule has 2 aromatic heterocycles. The number of amides is 1. The number of carbonyl (C=O) groups is 1. The highest BCUT2D eigenvalue weighted by Gasteiger charge is 2.45. The number of hydrogen-bond acceptors (Lipinski definition) is 5. The van der Waals surface area contributed by atoms with E-state index < -0.39 is 0 Å². The average Bonchev–Trinajstić information content (AvgIpc) is 3.30. The van der Waals surface area contributed by atoms with Crippen LogP contribution in [0.4, 0.5) is 5.82 Å². The molecule has 6 nitrogen and oxygen atoms in total. The van der Waals surface area contributed by atoms with Crippen LogP contribution in [-0.2, 0) is 4.74 Å². The van der Waals surface area contributed by atoms with E-state index in [4.69, 9.17) is 9.15 Å². The van der Waals surface area contributed by atoms with Crippen LogP contribution >= 0.6 is 0 Å². The van der Waals surface area contributed by atoms with Crippen molar-refractivity contribution in [1.82, 2.24) is 9.88 Å². The summed E-state index contributed by atoms with van der Waals surface area (Å²) in [5, 5.41) is 3.36. The molecule has 0 spiro atoms. The lowest BCUT2D eigenvalue weighted by molar-refractivity contribution is 0.0679. The highest BCUT2D eigenvalue weighted by molar-refractivity contribution is 5.94. The number of anilines is 1. The number of carbonyl (C=O) groups excluding carboxylic acids is 1. The van der Waals surface area contributed by atoms with Gasteiger partial charge in [0.2, 0.25) is 0 Å². The second-order valence-corrected chi connectivity index (χ2v) is 6.11. The van der Waals surface area contributed by atoms with Crippen LogP contribution in [0.15, 0.2) is 47.4 Å². The number of nitrogens with zero attached hydrogens (tertiary/aromatic N) is 2. The number of rotatable bonds is 4. The van der Waals surface area contributed by atoms with Crippen molar-refractivity contribution in [3.63, 3.8) is 0 Å². The molecule has 1 N–H and O–H groups in total. The minimum atomic E-state index is 0.0215. The van der Waals surface area contributed by atoms with Crippen molar-refractivity contribution in [2.45, 2.75) is 6.10 Å². The summed E-state index contributed by atoms with van der Waals surface area (Å²) in [4.78, 5) is 18.6. The fourth-order valence-corrected chi connectivity index (χ4v) is 3.45. The summed E-state index contributed by atoms with van der Waals surface area (Å²) < 4.78 is 10.9. The molecule has 0 saturated carbocycles. The zero-order valence-corrected chi connectivity index (χ0v) is 12.7. The average molecular weight is 313 g/mol. The Kier molecular flexibility index (Phi) is 3.75. The standard InChI is InChI=1S/C17H19N3O3/c21-17(12-4-6-22-10-12)20-8-14-13(11-23-15(14)9-20)7-19-16-3-1-2-5-18-16/h1-6,10,13-15H,7-9,11H2,(H,18,19)/t13-,14+,15+/m0/s1. The Morgan fingerprint density at radius 1 is 1.35 bits per heavy atom. The van der Waals surface area contributed by atoms with Crippen LogP contribution in [0.1, 0.15) is 10.4 Å². The van der Waals surface area contributed by atoms with Crippen LogP contribution in [0, 0.1) is 11.8 Å². The minimum absolute atomic E-state index is 0.0215. The Morgan fingerprint density at radius 3 is 3.09 bits per heavy atom. The van der Waals surface area contributed by atoms with Crippen molar-refractivity contribution < 1.29 is 13.9 Å². The Bertz CT molecular complexity index is 659. The van der Waals surface area contributed by atoms with E-state index >= 15 is 0 Å². The number of likely N-dealkylation sites (tertiary alicyclic amines) is 1. The first kappa shape index (κ1) is 14.3. The molecule has 0 radical (unpaired) electrons. The van der Waals surface area contributed by atoms with Gasteiger partial charge in [-0.05, 0) is 18.2 Å². The van der Waals surface area contributed by atoms with Crippen molar-refractivity contribution >= 4 is 11.7 Å². The van der Waals surface area contributed by atoms with Crippen molar-refractivity contribution in [1.29, 1.82) is 0 Å². The molecule has 0 bridgehead atoms. The van der Waals surface area contributed by atoms with E-state index in [1.165, 1.54) is 12.5 Å². The van der Waals surface area contributed by atoms with Crippen LogP contribution < -0.4 is 5.32 Å². The molecule has 3 atom stereocenters. The lowest BCUT2D eigenvalue weighted by atomic mass is 9.93. The number of ether oxygens (including phenoxy) is 1. The first-order chi connectivity index (χ1) is 11.3. The molecule has 23 heavy (non-hydrogen) atoms. The Balaban J connectivity index is 1.37. The van der Waals surface area contributed by atoms with E-state index in [0.717, 1.165) is 25.5 Å². The number of aromatic nitrogens is 1. The molecule has 4 heterocycles. The number of fused-ring (bicyclic) bond motifs is 1. The van der Waals surface area contributed by atoms with Gasteiger partial charge in [0, 0.05) is 37.7 Å². The third-order valence-corrected chi connectivity index (χ3v) is 4.70. The van der Waals surface area contributed by atoms with Crippen LogP contribution in [0.2, 0.25) is 0 Å². The van der Waals surface area contributed by atoms with Crippen molar-refractivity contribution in [3.05, 3.63) is 48.6 Å². The quantitative estimate of drug-likeness (QED) is 0.933. The Morgan fingerprint density at radius 2 is 2.30 bits per heavy atom. The summed E-state index contributed by atoms with van der Waals surface area (Å²) in [7, 11) is 0. The fourth-order valence-electron chi connectivity index (χ4n) is 3.45. The van der Waals surface area contributed by atoms with Crippen LogP contribution in [0.5, 0.6) is 0 Å². The molecule has 0 aromatic carbocycles. The van der Waals surface area contributed by atoms with Crippen LogP contribution in [0.3, 0.4) is 0 Å². The predicted octanol–water partition coefficient (Wildman–Crippen LogP) is 1.87. The van der Waals surface area contributed by atoms with Gasteiger partial charge in [0.15, 0.2) is 0 Å². The lowest BCUT2D eigenvalue weighted by Crippen LogP contribution is -2.32. The molecule has 2 aliphatic rings. The van der Waals surface area contributed by atoms with Crippen LogP contribution in [-0.4, -0.2) is 48.1 Å². The zero-order valence-electron chi connectivity index (χ0n) is 12.7. The highest BCUT2D eigenvalue weighted by atomic mass is 16.5. The van der Waals surface area contributed by atoms with Crippen molar-refractivity contribution in [3.8, 4) is 0 Å². The smallest absolute Gasteiger partial charge is 0.257 e. The number of pyridine rings is 1. The molecule has 1 amide bonds. The maximum absolute atomic E-state index is 12.4. The SMILES string of the molecule is O=C(c1ccoc1)N1C[C@@H]2[C@@H](CNc3ccccn3)CO[C@@H]2C1. The second-order valence-electron chi connectivity index (χ2n) is 6.11. The Labute approximate surface area is 134 Å². The number of furan rings is 1. The molecule has 2 saturated heterocycles. The monoisotopic (exact) mass is 313 g/mol. The van der Waals surface area contributed by atoms with Crippen LogP contribution in [0.25, 0.3) is 0 Å².